The van der Waals surface area contributed by atoms with Crippen LogP contribution in [0, 0.1) is 33.8 Å². The van der Waals surface area contributed by atoms with Crippen molar-refractivity contribution < 1.29 is 18.6 Å². The topological polar surface area (TPSA) is 108 Å². The molecule has 2 bridgehead atoms. The predicted octanol–water partition coefficient (Wildman–Crippen LogP) is 2.99. The van der Waals surface area contributed by atoms with E-state index in [1.165, 1.54) is 18.3 Å². The average Bonchev–Trinajstić information content (AvgIpc) is 3.22. The zero-order chi connectivity index (χ0) is 22.5. The second kappa shape index (κ2) is 7.50. The number of pyridine rings is 1. The smallest absolute Gasteiger partial charge is 0.213 e. The number of nitriles is 1. The normalized spacial score (nSPS) is 28.6. The van der Waals surface area contributed by atoms with Gasteiger partial charge in [0.05, 0.1) is 18.2 Å². The van der Waals surface area contributed by atoms with E-state index in [4.69, 9.17) is 15.7 Å². The molecule has 1 aliphatic heterocycles. The first-order valence-corrected chi connectivity index (χ1v) is 10.5. The number of nitrogens with two attached hydrogens (primary N) is 1. The van der Waals surface area contributed by atoms with Gasteiger partial charge >= 0.3 is 0 Å². The third-order valence-corrected chi connectivity index (χ3v) is 6.99. The first kappa shape index (κ1) is 20.8. The van der Waals surface area contributed by atoms with E-state index in [0.29, 0.717) is 30.0 Å². The van der Waals surface area contributed by atoms with Crippen LogP contribution in [0.3, 0.4) is 0 Å². The Hall–Kier alpha value is -3.09. The molecular formula is C23H23F2N5O2. The summed E-state index contributed by atoms with van der Waals surface area (Å²) in [6.45, 7) is 0.279. The van der Waals surface area contributed by atoms with Gasteiger partial charge in [0.1, 0.15) is 23.9 Å². The third kappa shape index (κ3) is 3.22. The van der Waals surface area contributed by atoms with Gasteiger partial charge in [0.25, 0.3) is 0 Å². The van der Waals surface area contributed by atoms with Crippen molar-refractivity contribution in [2.24, 2.45) is 21.7 Å². The van der Waals surface area contributed by atoms with Crippen molar-refractivity contribution >= 4 is 6.21 Å². The molecule has 3 fully saturated rings. The lowest BCUT2D eigenvalue weighted by Crippen LogP contribution is -2.71. The SMILES string of the molecule is N#Cc1ccc(OCC23CC(C(O)N4N=CCC4c4cc(F)c(CN)c(F)c4)(C2)C3)nc1. The molecule has 2 unspecified atom stereocenters. The van der Waals surface area contributed by atoms with Crippen LogP contribution in [0.25, 0.3) is 0 Å². The van der Waals surface area contributed by atoms with Crippen LogP contribution in [0.4, 0.5) is 8.78 Å². The highest BCUT2D eigenvalue weighted by Crippen LogP contribution is 2.75. The maximum absolute atomic E-state index is 14.3. The molecule has 0 radical (unpaired) electrons. The second-order valence-electron chi connectivity index (χ2n) is 9.15. The molecule has 0 saturated heterocycles. The highest BCUT2D eigenvalue weighted by atomic mass is 19.1. The molecule has 6 rings (SSSR count). The fraction of sp³-hybridized carbons (Fsp3) is 0.435. The van der Waals surface area contributed by atoms with Crippen LogP contribution < -0.4 is 10.5 Å². The molecule has 2 atom stereocenters. The Morgan fingerprint density at radius 3 is 2.59 bits per heavy atom. The van der Waals surface area contributed by atoms with Gasteiger partial charge in [0, 0.05) is 47.8 Å². The molecule has 0 amide bonds. The van der Waals surface area contributed by atoms with Gasteiger partial charge in [-0.2, -0.15) is 10.4 Å². The lowest BCUT2D eigenvalue weighted by Gasteiger charge is -2.72. The molecule has 3 N–H and O–H groups in total. The molecule has 2 heterocycles. The number of hydrogen-bond acceptors (Lipinski definition) is 7. The molecule has 9 heteroatoms. The van der Waals surface area contributed by atoms with Gasteiger partial charge in [-0.05, 0) is 43.0 Å². The van der Waals surface area contributed by atoms with E-state index in [-0.39, 0.29) is 22.9 Å². The summed E-state index contributed by atoms with van der Waals surface area (Å²) in [5, 5.41) is 25.9. The zero-order valence-electron chi connectivity index (χ0n) is 17.3. The minimum atomic E-state index is -0.846. The first-order chi connectivity index (χ1) is 15.4. The Labute approximate surface area is 184 Å². The van der Waals surface area contributed by atoms with E-state index in [1.54, 1.807) is 23.4 Å². The quantitative estimate of drug-likeness (QED) is 0.687. The molecule has 1 aromatic carbocycles. The van der Waals surface area contributed by atoms with E-state index in [1.807, 2.05) is 6.07 Å². The van der Waals surface area contributed by atoms with Crippen molar-refractivity contribution in [2.45, 2.75) is 44.5 Å². The lowest BCUT2D eigenvalue weighted by atomic mass is 9.34. The van der Waals surface area contributed by atoms with Crippen LogP contribution in [0.5, 0.6) is 5.88 Å². The third-order valence-electron chi connectivity index (χ3n) is 6.99. The summed E-state index contributed by atoms with van der Waals surface area (Å²) in [7, 11) is 0. The highest BCUT2D eigenvalue weighted by molar-refractivity contribution is 5.61. The zero-order valence-corrected chi connectivity index (χ0v) is 17.3. The van der Waals surface area contributed by atoms with Gasteiger partial charge in [0.2, 0.25) is 5.88 Å². The minimum absolute atomic E-state index is 0.00349. The summed E-state index contributed by atoms with van der Waals surface area (Å²) < 4.78 is 34.3. The molecular weight excluding hydrogens is 416 g/mol. The number of aromatic nitrogens is 1. The van der Waals surface area contributed by atoms with Crippen molar-refractivity contribution in [1.29, 1.82) is 5.26 Å². The van der Waals surface area contributed by atoms with Crippen LogP contribution in [0.1, 0.15) is 48.4 Å². The molecule has 0 spiro atoms. The van der Waals surface area contributed by atoms with Crippen LogP contribution in [-0.4, -0.2) is 34.1 Å². The Balaban J connectivity index is 1.22. The number of hydrazone groups is 1. The van der Waals surface area contributed by atoms with Crippen molar-refractivity contribution in [1.82, 2.24) is 9.99 Å². The Morgan fingerprint density at radius 1 is 1.28 bits per heavy atom. The van der Waals surface area contributed by atoms with Gasteiger partial charge in [0.15, 0.2) is 0 Å². The summed E-state index contributed by atoms with van der Waals surface area (Å²) >= 11 is 0. The minimum Gasteiger partial charge on any atom is -0.477 e. The summed E-state index contributed by atoms with van der Waals surface area (Å²) in [6.07, 6.45) is 5.11. The molecule has 1 aromatic heterocycles. The summed E-state index contributed by atoms with van der Waals surface area (Å²) in [4.78, 5) is 4.12. The molecule has 4 aliphatic rings. The number of benzene rings is 1. The van der Waals surface area contributed by atoms with E-state index >= 15 is 0 Å². The maximum atomic E-state index is 14.3. The van der Waals surface area contributed by atoms with Gasteiger partial charge in [-0.15, -0.1) is 0 Å². The Kier molecular flexibility index (Phi) is 4.87. The van der Waals surface area contributed by atoms with Crippen LogP contribution in [-0.2, 0) is 6.54 Å². The van der Waals surface area contributed by atoms with Crippen LogP contribution >= 0.6 is 0 Å². The maximum Gasteiger partial charge on any atom is 0.213 e. The number of hydrogen-bond donors (Lipinski definition) is 2. The summed E-state index contributed by atoms with van der Waals surface area (Å²) in [6, 6.07) is 7.49. The van der Waals surface area contributed by atoms with Crippen molar-refractivity contribution in [3.8, 4) is 11.9 Å². The van der Waals surface area contributed by atoms with E-state index in [0.717, 1.165) is 19.3 Å². The van der Waals surface area contributed by atoms with Gasteiger partial charge in [-0.25, -0.2) is 13.8 Å². The van der Waals surface area contributed by atoms with Crippen molar-refractivity contribution in [3.63, 3.8) is 0 Å². The van der Waals surface area contributed by atoms with Crippen molar-refractivity contribution in [2.75, 3.05) is 6.61 Å². The Bertz CT molecular complexity index is 1070. The highest BCUT2D eigenvalue weighted by Gasteiger charge is 2.72. The lowest BCUT2D eigenvalue weighted by molar-refractivity contribution is -0.299. The van der Waals surface area contributed by atoms with Crippen LogP contribution in [0.15, 0.2) is 35.6 Å². The summed E-state index contributed by atoms with van der Waals surface area (Å²) in [5.74, 6) is -0.888. The molecule has 166 valence electrons. The fourth-order valence-electron chi connectivity index (χ4n) is 5.51. The van der Waals surface area contributed by atoms with E-state index in [9.17, 15) is 13.9 Å². The number of nitrogens with zero attached hydrogens (tertiary/aromatic N) is 4. The molecule has 7 nitrogen and oxygen atoms in total. The van der Waals surface area contributed by atoms with Gasteiger partial charge in [-0.1, -0.05) is 0 Å². The molecule has 3 saturated carbocycles. The van der Waals surface area contributed by atoms with E-state index < -0.39 is 23.9 Å². The van der Waals surface area contributed by atoms with Gasteiger partial charge < -0.3 is 15.6 Å². The van der Waals surface area contributed by atoms with Gasteiger partial charge in [-0.3, -0.25) is 5.01 Å². The number of aliphatic hydroxyl groups is 1. The average molecular weight is 439 g/mol. The van der Waals surface area contributed by atoms with E-state index in [2.05, 4.69) is 10.1 Å². The summed E-state index contributed by atoms with van der Waals surface area (Å²) in [5.41, 5.74) is 5.89. The monoisotopic (exact) mass is 439 g/mol. The number of aliphatic hydroxyl groups excluding tert-OH is 1. The number of ether oxygens (including phenoxy) is 1. The van der Waals surface area contributed by atoms with Crippen LogP contribution in [0.2, 0.25) is 0 Å². The largest absolute Gasteiger partial charge is 0.477 e. The second-order valence-corrected chi connectivity index (χ2v) is 9.15. The first-order valence-electron chi connectivity index (χ1n) is 10.5. The van der Waals surface area contributed by atoms with Crippen molar-refractivity contribution in [3.05, 3.63) is 58.8 Å². The molecule has 3 aliphatic carbocycles. The number of halogens is 2. The molecule has 2 aromatic rings. The number of rotatable bonds is 7. The standard InChI is InChI=1S/C23H23F2N5O2/c24-17-5-15(6-18(25)16(17)8-27)19-3-4-29-30(19)21(31)23-10-22(11-23,12-23)13-32-20-2-1-14(7-26)9-28-20/h1-2,4-6,9,19,21,31H,3,8,10-13,27H2. The molecule has 32 heavy (non-hydrogen) atoms. The predicted molar refractivity (Wildman–Crippen MR) is 111 cm³/mol. The fourth-order valence-corrected chi connectivity index (χ4v) is 5.51. The Morgan fingerprint density at radius 2 is 2.00 bits per heavy atom.